The fraction of sp³-hybridized carbons (Fsp3) is 0.429. The number of aliphatic hydroxyl groups excluding tert-OH is 1. The summed E-state index contributed by atoms with van der Waals surface area (Å²) in [5.74, 6) is 0.554. The van der Waals surface area contributed by atoms with Crippen molar-refractivity contribution < 1.29 is 23.1 Å². The summed E-state index contributed by atoms with van der Waals surface area (Å²) in [6.07, 6.45) is -3.49. The minimum absolute atomic E-state index is 0.0669. The molecule has 1 aliphatic heterocycles. The monoisotopic (exact) mass is 490 g/mol. The van der Waals surface area contributed by atoms with Crippen molar-refractivity contribution in [2.45, 2.75) is 44.6 Å². The minimum atomic E-state index is -4.49. The number of rotatable bonds is 6. The van der Waals surface area contributed by atoms with Crippen LogP contribution in [0.4, 0.5) is 23.8 Å². The highest BCUT2D eigenvalue weighted by Gasteiger charge is 2.34. The van der Waals surface area contributed by atoms with Gasteiger partial charge in [0, 0.05) is 25.3 Å². The van der Waals surface area contributed by atoms with Crippen molar-refractivity contribution in [2.24, 2.45) is 0 Å². The van der Waals surface area contributed by atoms with Crippen LogP contribution in [0.25, 0.3) is 0 Å². The van der Waals surface area contributed by atoms with Gasteiger partial charge in [-0.3, -0.25) is 0 Å². The SMILES string of the molecule is C[C@@H](CO)Nc1cc2c(cn1)CCN(C(=O)NC(CC(F)(F)F)c1ccc(Cl)c(Cl)c1)C2. The van der Waals surface area contributed by atoms with Crippen LogP contribution in [0.15, 0.2) is 30.5 Å². The first-order valence-electron chi connectivity index (χ1n) is 9.98. The van der Waals surface area contributed by atoms with Crippen LogP contribution < -0.4 is 10.6 Å². The van der Waals surface area contributed by atoms with Crippen molar-refractivity contribution in [3.8, 4) is 0 Å². The van der Waals surface area contributed by atoms with Gasteiger partial charge in [0.05, 0.1) is 29.1 Å². The first-order chi connectivity index (χ1) is 15.1. The number of carbonyl (C=O) groups is 1. The first kappa shape index (κ1) is 24.4. The second-order valence-electron chi connectivity index (χ2n) is 7.73. The van der Waals surface area contributed by atoms with Gasteiger partial charge in [-0.25, -0.2) is 9.78 Å². The lowest BCUT2D eigenvalue weighted by molar-refractivity contribution is -0.139. The maximum absolute atomic E-state index is 13.2. The summed E-state index contributed by atoms with van der Waals surface area (Å²) in [6, 6.07) is 3.83. The van der Waals surface area contributed by atoms with E-state index in [0.29, 0.717) is 18.8 Å². The Bertz CT molecular complexity index is 975. The molecule has 0 spiro atoms. The Hall–Kier alpha value is -2.23. The van der Waals surface area contributed by atoms with Crippen molar-refractivity contribution >= 4 is 35.1 Å². The Kier molecular flexibility index (Phi) is 7.74. The number of nitrogens with one attached hydrogen (secondary N) is 2. The highest BCUT2D eigenvalue weighted by Crippen LogP contribution is 2.33. The summed E-state index contributed by atoms with van der Waals surface area (Å²) >= 11 is 11.8. The largest absolute Gasteiger partial charge is 0.394 e. The molecule has 1 unspecified atom stereocenters. The number of alkyl halides is 3. The number of aromatic nitrogens is 1. The molecule has 1 aliphatic rings. The fourth-order valence-electron chi connectivity index (χ4n) is 3.44. The number of hydrogen-bond acceptors (Lipinski definition) is 4. The second-order valence-corrected chi connectivity index (χ2v) is 8.55. The van der Waals surface area contributed by atoms with Crippen LogP contribution in [0.2, 0.25) is 10.0 Å². The number of anilines is 1. The lowest BCUT2D eigenvalue weighted by atomic mass is 10.0. The molecule has 0 fully saturated rings. The molecule has 3 rings (SSSR count). The van der Waals surface area contributed by atoms with Gasteiger partial charge in [-0.1, -0.05) is 29.3 Å². The normalized spacial score (nSPS) is 15.7. The summed E-state index contributed by atoms with van der Waals surface area (Å²) in [7, 11) is 0. The van der Waals surface area contributed by atoms with Crippen LogP contribution in [-0.4, -0.2) is 46.4 Å². The van der Waals surface area contributed by atoms with E-state index in [2.05, 4.69) is 15.6 Å². The number of halogens is 5. The van der Waals surface area contributed by atoms with Gasteiger partial charge in [-0.05, 0) is 48.2 Å². The maximum Gasteiger partial charge on any atom is 0.391 e. The maximum atomic E-state index is 13.2. The zero-order chi connectivity index (χ0) is 23.5. The quantitative estimate of drug-likeness (QED) is 0.535. The molecule has 3 N–H and O–H groups in total. The topological polar surface area (TPSA) is 77.5 Å². The fourth-order valence-corrected chi connectivity index (χ4v) is 3.75. The molecule has 32 heavy (non-hydrogen) atoms. The van der Waals surface area contributed by atoms with Gasteiger partial charge < -0.3 is 20.6 Å². The van der Waals surface area contributed by atoms with Gasteiger partial charge in [-0.15, -0.1) is 0 Å². The third kappa shape index (κ3) is 6.40. The molecule has 174 valence electrons. The number of fused-ring (bicyclic) bond motifs is 1. The van der Waals surface area contributed by atoms with Crippen molar-refractivity contribution in [3.63, 3.8) is 0 Å². The molecule has 2 atom stereocenters. The van der Waals surface area contributed by atoms with Crippen LogP contribution in [-0.2, 0) is 13.0 Å². The number of carbonyl (C=O) groups excluding carboxylic acids is 1. The average molecular weight is 491 g/mol. The lowest BCUT2D eigenvalue weighted by Crippen LogP contribution is -2.44. The number of benzene rings is 1. The van der Waals surface area contributed by atoms with E-state index < -0.39 is 24.7 Å². The molecule has 2 aromatic rings. The minimum Gasteiger partial charge on any atom is -0.394 e. The number of pyridine rings is 1. The van der Waals surface area contributed by atoms with E-state index in [9.17, 15) is 23.1 Å². The van der Waals surface area contributed by atoms with Gasteiger partial charge in [0.25, 0.3) is 0 Å². The van der Waals surface area contributed by atoms with E-state index in [-0.39, 0.29) is 34.8 Å². The van der Waals surface area contributed by atoms with Gasteiger partial charge in [-0.2, -0.15) is 13.2 Å². The van der Waals surface area contributed by atoms with E-state index in [1.807, 2.05) is 0 Å². The zero-order valence-corrected chi connectivity index (χ0v) is 18.7. The van der Waals surface area contributed by atoms with Gasteiger partial charge in [0.2, 0.25) is 0 Å². The highest BCUT2D eigenvalue weighted by molar-refractivity contribution is 6.42. The molecule has 1 aromatic heterocycles. The van der Waals surface area contributed by atoms with Crippen LogP contribution >= 0.6 is 23.2 Å². The predicted octanol–water partition coefficient (Wildman–Crippen LogP) is 4.94. The van der Waals surface area contributed by atoms with Gasteiger partial charge in [0.15, 0.2) is 0 Å². The summed E-state index contributed by atoms with van der Waals surface area (Å²) in [5.41, 5.74) is 2.03. The molecule has 0 saturated carbocycles. The molecule has 6 nitrogen and oxygen atoms in total. The molecular formula is C21H23Cl2F3N4O2. The Morgan fingerprint density at radius 1 is 1.25 bits per heavy atom. The molecule has 11 heteroatoms. The summed E-state index contributed by atoms with van der Waals surface area (Å²) < 4.78 is 39.5. The number of hydrogen-bond donors (Lipinski definition) is 3. The van der Waals surface area contributed by atoms with Crippen molar-refractivity contribution in [2.75, 3.05) is 18.5 Å². The standard InChI is InChI=1S/C21H23Cl2F3N4O2/c1-12(11-31)28-19-7-15-10-30(5-4-14(15)9-27-19)20(32)29-18(8-21(24,25)26)13-2-3-16(22)17(23)6-13/h2-3,6-7,9,12,18,31H,4-5,8,10-11H2,1H3,(H,27,28)(H,29,32)/t12-,18?/m0/s1. The summed E-state index contributed by atoms with van der Waals surface area (Å²) in [5, 5.41) is 15.1. The van der Waals surface area contributed by atoms with Crippen LogP contribution in [0.5, 0.6) is 0 Å². The van der Waals surface area contributed by atoms with Gasteiger partial charge >= 0.3 is 12.2 Å². The van der Waals surface area contributed by atoms with E-state index in [1.165, 1.54) is 23.1 Å². The molecule has 2 amide bonds. The second kappa shape index (κ2) is 10.1. The first-order valence-corrected chi connectivity index (χ1v) is 10.7. The van der Waals surface area contributed by atoms with Crippen LogP contribution in [0.1, 0.15) is 36.1 Å². The Morgan fingerprint density at radius 3 is 2.66 bits per heavy atom. The molecule has 0 bridgehead atoms. The predicted molar refractivity (Wildman–Crippen MR) is 117 cm³/mol. The van der Waals surface area contributed by atoms with E-state index >= 15 is 0 Å². The molecular weight excluding hydrogens is 468 g/mol. The third-order valence-corrected chi connectivity index (χ3v) is 5.87. The van der Waals surface area contributed by atoms with E-state index in [4.69, 9.17) is 23.2 Å². The summed E-state index contributed by atoms with van der Waals surface area (Å²) in [6.45, 7) is 2.31. The van der Waals surface area contributed by atoms with E-state index in [0.717, 1.165) is 11.1 Å². The molecule has 1 aromatic carbocycles. The molecule has 0 saturated heterocycles. The van der Waals surface area contributed by atoms with Crippen LogP contribution in [0.3, 0.4) is 0 Å². The Morgan fingerprint density at radius 2 is 2.00 bits per heavy atom. The van der Waals surface area contributed by atoms with E-state index in [1.54, 1.807) is 19.2 Å². The number of nitrogens with zero attached hydrogens (tertiary/aromatic N) is 2. The lowest BCUT2D eigenvalue weighted by Gasteiger charge is -2.31. The van der Waals surface area contributed by atoms with Gasteiger partial charge in [0.1, 0.15) is 5.82 Å². The highest BCUT2D eigenvalue weighted by atomic mass is 35.5. The zero-order valence-electron chi connectivity index (χ0n) is 17.2. The van der Waals surface area contributed by atoms with Crippen LogP contribution in [0, 0.1) is 0 Å². The van der Waals surface area contributed by atoms with Crippen molar-refractivity contribution in [1.82, 2.24) is 15.2 Å². The van der Waals surface area contributed by atoms with Crippen molar-refractivity contribution in [3.05, 3.63) is 57.2 Å². The molecule has 2 heterocycles. The Balaban J connectivity index is 1.75. The number of aliphatic hydroxyl groups is 1. The Labute approximate surface area is 193 Å². The smallest absolute Gasteiger partial charge is 0.391 e. The number of urea groups is 1. The number of amides is 2. The summed E-state index contributed by atoms with van der Waals surface area (Å²) in [4.78, 5) is 18.6. The third-order valence-electron chi connectivity index (χ3n) is 5.13. The van der Waals surface area contributed by atoms with Crippen molar-refractivity contribution in [1.29, 1.82) is 0 Å². The molecule has 0 aliphatic carbocycles. The average Bonchev–Trinajstić information content (AvgIpc) is 2.73. The molecule has 0 radical (unpaired) electrons.